The van der Waals surface area contributed by atoms with Crippen LogP contribution in [0.1, 0.15) is 40.0 Å². The molecule has 0 radical (unpaired) electrons. The molecule has 0 aromatic rings. The van der Waals surface area contributed by atoms with Crippen molar-refractivity contribution >= 4 is 0 Å². The van der Waals surface area contributed by atoms with Crippen LogP contribution in [0, 0.1) is 11.3 Å². The molecule has 4 atom stereocenters. The van der Waals surface area contributed by atoms with Crippen LogP contribution in [-0.2, 0) is 0 Å². The average molecular weight is 250 g/mol. The molecule has 4 unspecified atom stereocenters. The van der Waals surface area contributed by atoms with Gasteiger partial charge in [-0.1, -0.05) is 0 Å². The molecule has 0 bridgehead atoms. The molecule has 4 nitrogen and oxygen atoms in total. The molecule has 2 fully saturated rings. The lowest BCUT2D eigenvalue weighted by Gasteiger charge is -2.46. The highest BCUT2D eigenvalue weighted by Gasteiger charge is 2.37. The van der Waals surface area contributed by atoms with E-state index in [2.05, 4.69) is 29.7 Å². The number of fused-ring (bicyclic) bond motifs is 1. The molecule has 2 aliphatic heterocycles. The molecule has 2 N–H and O–H groups in total. The number of nitriles is 1. The van der Waals surface area contributed by atoms with E-state index in [-0.39, 0.29) is 0 Å². The highest BCUT2D eigenvalue weighted by atomic mass is 15.3. The predicted octanol–water partition coefficient (Wildman–Crippen LogP) is 1.17. The van der Waals surface area contributed by atoms with Gasteiger partial charge in [0, 0.05) is 31.2 Å². The van der Waals surface area contributed by atoms with Crippen molar-refractivity contribution in [2.24, 2.45) is 5.73 Å². The summed E-state index contributed by atoms with van der Waals surface area (Å²) in [4.78, 5) is 5.18. The lowest BCUT2D eigenvalue weighted by molar-refractivity contribution is 0.0270. The summed E-state index contributed by atoms with van der Waals surface area (Å²) in [7, 11) is 0. The minimum Gasteiger partial charge on any atom is -0.314 e. The van der Waals surface area contributed by atoms with Crippen LogP contribution in [0.3, 0.4) is 0 Å². The Labute approximate surface area is 111 Å². The van der Waals surface area contributed by atoms with Gasteiger partial charge < -0.3 is 5.73 Å². The van der Waals surface area contributed by atoms with Crippen molar-refractivity contribution in [3.63, 3.8) is 0 Å². The summed E-state index contributed by atoms with van der Waals surface area (Å²) in [5.41, 5.74) is 5.28. The maximum atomic E-state index is 9.06. The largest absolute Gasteiger partial charge is 0.314 e. The Balaban J connectivity index is 1.97. The van der Waals surface area contributed by atoms with Crippen molar-refractivity contribution in [2.45, 2.75) is 63.7 Å². The second-order valence-electron chi connectivity index (χ2n) is 6.42. The number of rotatable bonds is 3. The van der Waals surface area contributed by atoms with Gasteiger partial charge in [-0.3, -0.25) is 9.80 Å². The average Bonchev–Trinajstić information content (AvgIpc) is 2.74. The van der Waals surface area contributed by atoms with Gasteiger partial charge in [0.15, 0.2) is 0 Å². The zero-order valence-corrected chi connectivity index (χ0v) is 11.9. The predicted molar refractivity (Wildman–Crippen MR) is 73.0 cm³/mol. The fourth-order valence-corrected chi connectivity index (χ4v) is 3.60. The van der Waals surface area contributed by atoms with E-state index in [1.807, 2.05) is 6.92 Å². The standard InChI is InChI=1S/C14H26N4/c1-11(7-14(3,16)10-15)18-9-13-5-4-6-17(13)8-12(18)2/h11-13H,4-9,16H2,1-3H3. The van der Waals surface area contributed by atoms with Crippen molar-refractivity contribution in [1.82, 2.24) is 9.80 Å². The molecule has 0 saturated carbocycles. The summed E-state index contributed by atoms with van der Waals surface area (Å²) < 4.78 is 0. The molecule has 18 heavy (non-hydrogen) atoms. The van der Waals surface area contributed by atoms with E-state index in [9.17, 15) is 0 Å². The lowest BCUT2D eigenvalue weighted by atomic mass is 9.94. The van der Waals surface area contributed by atoms with Crippen LogP contribution in [0.2, 0.25) is 0 Å². The van der Waals surface area contributed by atoms with Crippen molar-refractivity contribution in [3.8, 4) is 6.07 Å². The van der Waals surface area contributed by atoms with Crippen LogP contribution < -0.4 is 5.73 Å². The number of hydrogen-bond donors (Lipinski definition) is 1. The van der Waals surface area contributed by atoms with Crippen molar-refractivity contribution < 1.29 is 0 Å². The van der Waals surface area contributed by atoms with Gasteiger partial charge in [0.25, 0.3) is 0 Å². The molecule has 4 heteroatoms. The van der Waals surface area contributed by atoms with Crippen LogP contribution in [0.4, 0.5) is 0 Å². The van der Waals surface area contributed by atoms with Crippen molar-refractivity contribution in [3.05, 3.63) is 0 Å². The Morgan fingerprint density at radius 3 is 2.89 bits per heavy atom. The van der Waals surface area contributed by atoms with Crippen LogP contribution in [-0.4, -0.2) is 53.1 Å². The first-order chi connectivity index (χ1) is 8.43. The molecule has 2 saturated heterocycles. The second-order valence-corrected chi connectivity index (χ2v) is 6.42. The van der Waals surface area contributed by atoms with Gasteiger partial charge in [-0.2, -0.15) is 5.26 Å². The maximum Gasteiger partial charge on any atom is 0.102 e. The minimum absolute atomic E-state index is 0.386. The van der Waals surface area contributed by atoms with Gasteiger partial charge in [0.2, 0.25) is 0 Å². The van der Waals surface area contributed by atoms with E-state index in [0.717, 1.165) is 19.0 Å². The van der Waals surface area contributed by atoms with E-state index in [4.69, 9.17) is 11.0 Å². The molecule has 0 spiro atoms. The Morgan fingerprint density at radius 2 is 2.22 bits per heavy atom. The van der Waals surface area contributed by atoms with Crippen molar-refractivity contribution in [2.75, 3.05) is 19.6 Å². The molecule has 0 aliphatic carbocycles. The molecule has 2 aliphatic rings. The highest BCUT2D eigenvalue weighted by Crippen LogP contribution is 2.27. The maximum absolute atomic E-state index is 9.06. The van der Waals surface area contributed by atoms with E-state index in [0.29, 0.717) is 12.1 Å². The monoisotopic (exact) mass is 250 g/mol. The van der Waals surface area contributed by atoms with Crippen LogP contribution >= 0.6 is 0 Å². The van der Waals surface area contributed by atoms with Gasteiger partial charge in [-0.15, -0.1) is 0 Å². The third kappa shape index (κ3) is 2.85. The highest BCUT2D eigenvalue weighted by molar-refractivity contribution is 5.04. The van der Waals surface area contributed by atoms with Gasteiger partial charge in [0.05, 0.1) is 6.07 Å². The fraction of sp³-hybridized carbons (Fsp3) is 0.929. The van der Waals surface area contributed by atoms with E-state index in [1.165, 1.54) is 25.9 Å². The summed E-state index contributed by atoms with van der Waals surface area (Å²) in [5.74, 6) is 0. The molecular formula is C14H26N4. The third-order valence-corrected chi connectivity index (χ3v) is 4.53. The first kappa shape index (κ1) is 13.8. The zero-order valence-electron chi connectivity index (χ0n) is 11.9. The quantitative estimate of drug-likeness (QED) is 0.817. The lowest BCUT2D eigenvalue weighted by Crippen LogP contribution is -2.58. The third-order valence-electron chi connectivity index (χ3n) is 4.53. The molecule has 0 aromatic heterocycles. The molecule has 0 amide bonds. The van der Waals surface area contributed by atoms with Gasteiger partial charge >= 0.3 is 0 Å². The normalized spacial score (nSPS) is 34.6. The second kappa shape index (κ2) is 5.16. The Kier molecular flexibility index (Phi) is 3.96. The number of nitrogens with two attached hydrogens (primary N) is 1. The summed E-state index contributed by atoms with van der Waals surface area (Å²) in [6.45, 7) is 9.92. The molecule has 2 rings (SSSR count). The summed E-state index contributed by atoms with van der Waals surface area (Å²) >= 11 is 0. The number of nitrogens with zero attached hydrogens (tertiary/aromatic N) is 3. The van der Waals surface area contributed by atoms with Crippen molar-refractivity contribution in [1.29, 1.82) is 5.26 Å². The van der Waals surface area contributed by atoms with E-state index in [1.54, 1.807) is 0 Å². The smallest absolute Gasteiger partial charge is 0.102 e. The molecule has 102 valence electrons. The Morgan fingerprint density at radius 1 is 1.50 bits per heavy atom. The van der Waals surface area contributed by atoms with Crippen LogP contribution in [0.15, 0.2) is 0 Å². The van der Waals surface area contributed by atoms with Crippen LogP contribution in [0.25, 0.3) is 0 Å². The topological polar surface area (TPSA) is 56.3 Å². The number of piperazine rings is 1. The van der Waals surface area contributed by atoms with Gasteiger partial charge in [0.1, 0.15) is 5.54 Å². The summed E-state index contributed by atoms with van der Waals surface area (Å²) in [5, 5.41) is 9.06. The summed E-state index contributed by atoms with van der Waals surface area (Å²) in [6, 6.07) is 3.90. The van der Waals surface area contributed by atoms with E-state index < -0.39 is 5.54 Å². The summed E-state index contributed by atoms with van der Waals surface area (Å²) in [6.07, 6.45) is 3.42. The minimum atomic E-state index is -0.702. The molecule has 0 aromatic carbocycles. The number of hydrogen-bond acceptors (Lipinski definition) is 4. The van der Waals surface area contributed by atoms with Gasteiger partial charge in [-0.05, 0) is 46.6 Å². The fourth-order valence-electron chi connectivity index (χ4n) is 3.60. The molecule has 2 heterocycles. The zero-order chi connectivity index (χ0) is 13.3. The SMILES string of the molecule is CC1CN2CCCC2CN1C(C)CC(C)(N)C#N. The first-order valence-corrected chi connectivity index (χ1v) is 7.13. The Hall–Kier alpha value is -0.630. The Bertz CT molecular complexity index is 333. The first-order valence-electron chi connectivity index (χ1n) is 7.13. The van der Waals surface area contributed by atoms with E-state index >= 15 is 0 Å². The van der Waals surface area contributed by atoms with Gasteiger partial charge in [-0.25, -0.2) is 0 Å². The molecular weight excluding hydrogens is 224 g/mol. The van der Waals surface area contributed by atoms with Crippen LogP contribution in [0.5, 0.6) is 0 Å².